The van der Waals surface area contributed by atoms with Crippen molar-refractivity contribution in [1.82, 2.24) is 4.90 Å². The van der Waals surface area contributed by atoms with Crippen molar-refractivity contribution in [3.8, 4) is 0 Å². The molecule has 2 aromatic carbocycles. The molecule has 0 aliphatic carbocycles. The lowest BCUT2D eigenvalue weighted by Gasteiger charge is -2.29. The third-order valence-electron chi connectivity index (χ3n) is 4.42. The van der Waals surface area contributed by atoms with Crippen LogP contribution in [-0.2, 0) is 9.59 Å². The SMILES string of the molecule is C[C@@H]1CC(=O)Nc2ccccc2N1C(=O)CN(C)C(=O)c1cccc(Cl)c1. The van der Waals surface area contributed by atoms with Gasteiger partial charge < -0.3 is 15.1 Å². The number of benzene rings is 2. The molecule has 27 heavy (non-hydrogen) atoms. The number of anilines is 2. The van der Waals surface area contributed by atoms with Crippen molar-refractivity contribution < 1.29 is 14.4 Å². The third-order valence-corrected chi connectivity index (χ3v) is 4.65. The van der Waals surface area contributed by atoms with Gasteiger partial charge in [0.25, 0.3) is 5.91 Å². The number of nitrogens with zero attached hydrogens (tertiary/aromatic N) is 2. The van der Waals surface area contributed by atoms with Crippen LogP contribution in [0.2, 0.25) is 5.02 Å². The van der Waals surface area contributed by atoms with Gasteiger partial charge >= 0.3 is 0 Å². The minimum absolute atomic E-state index is 0.113. The monoisotopic (exact) mass is 385 g/mol. The molecule has 6 nitrogen and oxygen atoms in total. The van der Waals surface area contributed by atoms with Gasteiger partial charge in [-0.2, -0.15) is 0 Å². The molecule has 0 saturated carbocycles. The first-order chi connectivity index (χ1) is 12.9. The van der Waals surface area contributed by atoms with Crippen LogP contribution in [-0.4, -0.2) is 42.3 Å². The molecule has 1 N–H and O–H groups in total. The van der Waals surface area contributed by atoms with E-state index in [4.69, 9.17) is 11.6 Å². The Bertz CT molecular complexity index is 900. The number of hydrogen-bond donors (Lipinski definition) is 1. The number of halogens is 1. The van der Waals surface area contributed by atoms with Crippen LogP contribution in [0.4, 0.5) is 11.4 Å². The number of para-hydroxylation sites is 2. The number of fused-ring (bicyclic) bond motifs is 1. The van der Waals surface area contributed by atoms with Crippen LogP contribution < -0.4 is 10.2 Å². The minimum atomic E-state index is -0.323. The zero-order valence-electron chi connectivity index (χ0n) is 15.1. The van der Waals surface area contributed by atoms with Gasteiger partial charge in [-0.1, -0.05) is 29.8 Å². The highest BCUT2D eigenvalue weighted by Crippen LogP contribution is 2.31. The molecule has 3 rings (SSSR count). The number of likely N-dealkylation sites (N-methyl/N-ethyl adjacent to an activating group) is 1. The molecule has 0 saturated heterocycles. The van der Waals surface area contributed by atoms with Crippen LogP contribution in [0.25, 0.3) is 0 Å². The largest absolute Gasteiger partial charge is 0.332 e. The van der Waals surface area contributed by atoms with Gasteiger partial charge in [0.15, 0.2) is 0 Å². The Hall–Kier alpha value is -2.86. The lowest BCUT2D eigenvalue weighted by atomic mass is 10.1. The molecule has 1 aliphatic rings. The van der Waals surface area contributed by atoms with E-state index in [1.54, 1.807) is 54.4 Å². The van der Waals surface area contributed by atoms with Gasteiger partial charge in [0, 0.05) is 30.1 Å². The van der Waals surface area contributed by atoms with Gasteiger partial charge in [0.2, 0.25) is 11.8 Å². The lowest BCUT2D eigenvalue weighted by molar-refractivity contribution is -0.119. The second-order valence-corrected chi connectivity index (χ2v) is 6.99. The molecule has 0 fully saturated rings. The smallest absolute Gasteiger partial charge is 0.254 e. The molecule has 0 aromatic heterocycles. The lowest BCUT2D eigenvalue weighted by Crippen LogP contribution is -2.45. The zero-order valence-corrected chi connectivity index (χ0v) is 15.9. The Morgan fingerprint density at radius 1 is 1.22 bits per heavy atom. The summed E-state index contributed by atoms with van der Waals surface area (Å²) in [5.74, 6) is -0.700. The predicted molar refractivity (Wildman–Crippen MR) is 105 cm³/mol. The molecule has 7 heteroatoms. The quantitative estimate of drug-likeness (QED) is 0.882. The fraction of sp³-hybridized carbons (Fsp3) is 0.250. The third kappa shape index (κ3) is 4.11. The van der Waals surface area contributed by atoms with E-state index in [1.807, 2.05) is 13.0 Å². The summed E-state index contributed by atoms with van der Waals surface area (Å²) in [6.45, 7) is 1.70. The summed E-state index contributed by atoms with van der Waals surface area (Å²) in [4.78, 5) is 40.6. The van der Waals surface area contributed by atoms with Crippen LogP contribution in [0.15, 0.2) is 48.5 Å². The first kappa shape index (κ1) is 18.9. The standard InChI is InChI=1S/C20H20ClN3O3/c1-13-10-18(25)22-16-8-3-4-9-17(16)24(13)19(26)12-23(2)20(27)14-6-5-7-15(21)11-14/h3-9,11,13H,10,12H2,1-2H3,(H,22,25)/t13-/m1/s1. The highest BCUT2D eigenvalue weighted by molar-refractivity contribution is 6.31. The van der Waals surface area contributed by atoms with Crippen molar-refractivity contribution in [2.75, 3.05) is 23.8 Å². The fourth-order valence-corrected chi connectivity index (χ4v) is 3.35. The van der Waals surface area contributed by atoms with E-state index in [-0.39, 0.29) is 36.7 Å². The summed E-state index contributed by atoms with van der Waals surface area (Å²) in [7, 11) is 1.57. The molecule has 3 amide bonds. The van der Waals surface area contributed by atoms with Gasteiger partial charge in [-0.05, 0) is 37.3 Å². The Balaban J connectivity index is 1.82. The van der Waals surface area contributed by atoms with Crippen molar-refractivity contribution in [3.63, 3.8) is 0 Å². The molecular formula is C20H20ClN3O3. The van der Waals surface area contributed by atoms with Crippen molar-refractivity contribution in [2.45, 2.75) is 19.4 Å². The van der Waals surface area contributed by atoms with E-state index in [2.05, 4.69) is 5.32 Å². The summed E-state index contributed by atoms with van der Waals surface area (Å²) in [6.07, 6.45) is 0.187. The number of carbonyl (C=O) groups excluding carboxylic acids is 3. The molecule has 140 valence electrons. The van der Waals surface area contributed by atoms with Crippen molar-refractivity contribution in [3.05, 3.63) is 59.1 Å². The highest BCUT2D eigenvalue weighted by atomic mass is 35.5. The average Bonchev–Trinajstić information content (AvgIpc) is 2.75. The second kappa shape index (κ2) is 7.80. The maximum Gasteiger partial charge on any atom is 0.254 e. The summed E-state index contributed by atoms with van der Waals surface area (Å²) >= 11 is 5.94. The van der Waals surface area contributed by atoms with Crippen LogP contribution in [0.3, 0.4) is 0 Å². The predicted octanol–water partition coefficient (Wildman–Crippen LogP) is 3.18. The molecule has 0 unspecified atom stereocenters. The van der Waals surface area contributed by atoms with E-state index in [0.717, 1.165) is 0 Å². The maximum absolute atomic E-state index is 13.0. The van der Waals surface area contributed by atoms with Crippen LogP contribution in [0.1, 0.15) is 23.7 Å². The van der Waals surface area contributed by atoms with Crippen molar-refractivity contribution in [2.24, 2.45) is 0 Å². The zero-order chi connectivity index (χ0) is 19.6. The molecule has 0 spiro atoms. The van der Waals surface area contributed by atoms with E-state index < -0.39 is 0 Å². The fourth-order valence-electron chi connectivity index (χ4n) is 3.16. The number of amides is 3. The number of rotatable bonds is 3. The minimum Gasteiger partial charge on any atom is -0.332 e. The van der Waals surface area contributed by atoms with Gasteiger partial charge in [-0.15, -0.1) is 0 Å². The van der Waals surface area contributed by atoms with Crippen LogP contribution in [0.5, 0.6) is 0 Å². The number of nitrogens with one attached hydrogen (secondary N) is 1. The Labute approximate surface area is 162 Å². The number of hydrogen-bond acceptors (Lipinski definition) is 3. The van der Waals surface area contributed by atoms with Gasteiger partial charge in [-0.25, -0.2) is 0 Å². The summed E-state index contributed by atoms with van der Waals surface area (Å²) < 4.78 is 0. The van der Waals surface area contributed by atoms with Crippen molar-refractivity contribution >= 4 is 40.7 Å². The van der Waals surface area contributed by atoms with Gasteiger partial charge in [0.1, 0.15) is 6.54 Å². The molecular weight excluding hydrogens is 366 g/mol. The second-order valence-electron chi connectivity index (χ2n) is 6.55. The Morgan fingerprint density at radius 2 is 1.96 bits per heavy atom. The van der Waals surface area contributed by atoms with Crippen LogP contribution >= 0.6 is 11.6 Å². The first-order valence-corrected chi connectivity index (χ1v) is 8.96. The molecule has 1 heterocycles. The van der Waals surface area contributed by atoms with E-state index in [0.29, 0.717) is 22.0 Å². The topological polar surface area (TPSA) is 69.7 Å². The average molecular weight is 386 g/mol. The normalized spacial score (nSPS) is 16.2. The maximum atomic E-state index is 13.0. The Morgan fingerprint density at radius 3 is 2.70 bits per heavy atom. The van der Waals surface area contributed by atoms with Crippen molar-refractivity contribution in [1.29, 1.82) is 0 Å². The van der Waals surface area contributed by atoms with Gasteiger partial charge in [0.05, 0.1) is 11.4 Å². The van der Waals surface area contributed by atoms with Crippen LogP contribution in [0, 0.1) is 0 Å². The Kier molecular flexibility index (Phi) is 5.46. The molecule has 2 aromatic rings. The highest BCUT2D eigenvalue weighted by Gasteiger charge is 2.30. The summed E-state index contributed by atoms with van der Waals surface area (Å²) in [6, 6.07) is 13.4. The molecule has 0 bridgehead atoms. The summed E-state index contributed by atoms with van der Waals surface area (Å²) in [5, 5.41) is 3.28. The van der Waals surface area contributed by atoms with E-state index >= 15 is 0 Å². The van der Waals surface area contributed by atoms with E-state index in [9.17, 15) is 14.4 Å². The number of carbonyl (C=O) groups is 3. The molecule has 1 atom stereocenters. The van der Waals surface area contributed by atoms with Gasteiger partial charge in [-0.3, -0.25) is 14.4 Å². The molecule has 1 aliphatic heterocycles. The van der Waals surface area contributed by atoms with E-state index in [1.165, 1.54) is 4.90 Å². The molecule has 0 radical (unpaired) electrons. The first-order valence-electron chi connectivity index (χ1n) is 8.59. The summed E-state index contributed by atoms with van der Waals surface area (Å²) in [5.41, 5.74) is 1.63.